The Morgan fingerprint density at radius 3 is 1.14 bits per heavy atom. The predicted octanol–water partition coefficient (Wildman–Crippen LogP) is 9.18. The average molecular weight is 1110 g/mol. The van der Waals surface area contributed by atoms with Crippen molar-refractivity contribution in [1.82, 2.24) is 0 Å². The molecule has 0 atom stereocenters. The monoisotopic (exact) mass is 1100 g/mol. The third-order valence-corrected chi connectivity index (χ3v) is 26.2. The van der Waals surface area contributed by atoms with Gasteiger partial charge in [0.25, 0.3) is 0 Å². The Kier molecular flexibility index (Phi) is 10.9. The van der Waals surface area contributed by atoms with Crippen LogP contribution in [-0.2, 0) is 4.79 Å². The largest absolute Gasteiger partial charge is 0.480 e. The third kappa shape index (κ3) is 4.80. The summed E-state index contributed by atoms with van der Waals surface area (Å²) in [5, 5.41) is 9.47. The molecular weight excluding hydrogens is 1110 g/mol. The Hall–Kier alpha value is 5.52. The van der Waals surface area contributed by atoms with E-state index in [4.69, 9.17) is 11.6 Å². The number of hydrogen-bond donors (Lipinski definition) is 1. The zero-order valence-corrected chi connectivity index (χ0v) is 29.1. The first kappa shape index (κ1) is 27.5. The predicted molar refractivity (Wildman–Crippen MR) is 137 cm³/mol. The van der Waals surface area contributed by atoms with E-state index in [0.717, 1.165) is 0 Å². The van der Waals surface area contributed by atoms with Gasteiger partial charge in [0.1, 0.15) is 12.9 Å². The summed E-state index contributed by atoms with van der Waals surface area (Å²) in [6, 6.07) is 0. The summed E-state index contributed by atoms with van der Waals surface area (Å²) in [6.07, 6.45) is 0. The Balaban J connectivity index is 6.29. The van der Waals surface area contributed by atoms with E-state index in [9.17, 15) is 9.90 Å². The molecule has 0 unspecified atom stereocenters. The number of carbonyl (C=O) groups is 1. The van der Waals surface area contributed by atoms with Crippen molar-refractivity contribution in [3.63, 3.8) is 0 Å². The summed E-state index contributed by atoms with van der Waals surface area (Å²) in [5.41, 5.74) is 0. The zero-order valence-electron chi connectivity index (χ0n) is 9.27. The van der Waals surface area contributed by atoms with Crippen LogP contribution in [0.4, 0.5) is 0 Å². The second-order valence-electron chi connectivity index (χ2n) is 3.67. The van der Waals surface area contributed by atoms with Gasteiger partial charge in [-0.25, -0.2) is 4.79 Å². The SMILES string of the molecule is O=C(O)C(Br)(Br)C(Br)(Br)C(Br)(Br)C(Br)(Br)C(Br)(Br)C(Cl)(Br)Br. The first-order chi connectivity index (χ1) is 9.19. The molecule has 22 heavy (non-hydrogen) atoms. The molecule has 0 saturated heterocycles. The van der Waals surface area contributed by atoms with Crippen LogP contribution < -0.4 is 0 Å². The quantitative estimate of drug-likeness (QED) is 0.270. The fourth-order valence-electron chi connectivity index (χ4n) is 0.904. The van der Waals surface area contributed by atoms with E-state index in [2.05, 4.69) is 191 Å². The van der Waals surface area contributed by atoms with Crippen LogP contribution in [0.1, 0.15) is 0 Å². The van der Waals surface area contributed by atoms with Crippen molar-refractivity contribution in [2.45, 2.75) is 18.9 Å². The lowest BCUT2D eigenvalue weighted by molar-refractivity contribution is -0.137. The molecule has 0 spiro atoms. The van der Waals surface area contributed by atoms with E-state index in [1.54, 1.807) is 0 Å². The van der Waals surface area contributed by atoms with Crippen LogP contribution >= 0.6 is 203 Å². The van der Waals surface area contributed by atoms with E-state index in [0.29, 0.717) is 0 Å². The highest BCUT2D eigenvalue weighted by molar-refractivity contribution is 9.36. The van der Waals surface area contributed by atoms with Gasteiger partial charge in [0.15, 0.2) is 2.69 Å². The molecular formula is C7HBr12ClO2. The third-order valence-electron chi connectivity index (χ3n) is 2.20. The van der Waals surface area contributed by atoms with Gasteiger partial charge in [-0.1, -0.05) is 203 Å². The Morgan fingerprint density at radius 2 is 0.909 bits per heavy atom. The van der Waals surface area contributed by atoms with Crippen LogP contribution in [0.2, 0.25) is 0 Å². The van der Waals surface area contributed by atoms with Crippen LogP contribution in [0.15, 0.2) is 0 Å². The average Bonchev–Trinajstić information content (AvgIpc) is 2.25. The highest BCUT2D eigenvalue weighted by atomic mass is 79.9. The normalized spacial score (nSPS) is 15.9. The number of halogens is 13. The van der Waals surface area contributed by atoms with Crippen molar-refractivity contribution in [3.8, 4) is 0 Å². The molecule has 0 amide bonds. The minimum Gasteiger partial charge on any atom is -0.480 e. The van der Waals surface area contributed by atoms with Crippen molar-refractivity contribution >= 4 is 209 Å². The summed E-state index contributed by atoms with van der Waals surface area (Å²) in [4.78, 5) is 11.6. The van der Waals surface area contributed by atoms with Crippen molar-refractivity contribution in [2.75, 3.05) is 0 Å². The lowest BCUT2D eigenvalue weighted by Crippen LogP contribution is -2.64. The second-order valence-corrected chi connectivity index (χ2v) is 25.8. The molecule has 0 aromatic heterocycles. The van der Waals surface area contributed by atoms with Gasteiger partial charge in [0.2, 0.25) is 3.23 Å². The van der Waals surface area contributed by atoms with Gasteiger partial charge < -0.3 is 5.11 Å². The fraction of sp³-hybridized carbons (Fsp3) is 0.857. The van der Waals surface area contributed by atoms with Gasteiger partial charge in [-0.05, 0) is 0 Å². The number of carboxylic acid groups (broad SMARTS) is 1. The molecule has 0 fully saturated rings. The van der Waals surface area contributed by atoms with Crippen molar-refractivity contribution in [3.05, 3.63) is 0 Å². The zero-order chi connectivity index (χ0) is 18.6. The van der Waals surface area contributed by atoms with Gasteiger partial charge in [-0.2, -0.15) is 0 Å². The van der Waals surface area contributed by atoms with Crippen LogP contribution in [0.3, 0.4) is 0 Å². The molecule has 0 rings (SSSR count). The Morgan fingerprint density at radius 1 is 0.636 bits per heavy atom. The van der Waals surface area contributed by atoms with Gasteiger partial charge in [-0.3, -0.25) is 0 Å². The maximum atomic E-state index is 11.6. The van der Waals surface area contributed by atoms with Crippen molar-refractivity contribution in [2.24, 2.45) is 0 Å². The highest BCUT2D eigenvalue weighted by Gasteiger charge is 2.74. The van der Waals surface area contributed by atoms with Gasteiger partial charge in [0, 0.05) is 0 Å². The van der Waals surface area contributed by atoms with Crippen molar-refractivity contribution in [1.29, 1.82) is 0 Å². The minimum atomic E-state index is -1.61. The van der Waals surface area contributed by atoms with Gasteiger partial charge in [-0.15, -0.1) is 0 Å². The lowest BCUT2D eigenvalue weighted by atomic mass is 10.1. The van der Waals surface area contributed by atoms with Crippen molar-refractivity contribution < 1.29 is 9.90 Å². The Bertz CT molecular complexity index is 453. The molecule has 0 aliphatic rings. The molecule has 1 N–H and O–H groups in total. The molecule has 132 valence electrons. The van der Waals surface area contributed by atoms with E-state index in [1.165, 1.54) is 0 Å². The topological polar surface area (TPSA) is 37.3 Å². The molecule has 15 heteroatoms. The summed E-state index contributed by atoms with van der Waals surface area (Å²) >= 11 is 47.0. The highest BCUT2D eigenvalue weighted by Crippen LogP contribution is 2.74. The van der Waals surface area contributed by atoms with Crippen LogP contribution in [-0.4, -0.2) is 29.9 Å². The number of aliphatic carboxylic acids is 1. The number of rotatable bonds is 6. The molecule has 0 bridgehead atoms. The summed E-state index contributed by atoms with van der Waals surface area (Å²) in [5.74, 6) is -1.18. The van der Waals surface area contributed by atoms with Crippen LogP contribution in [0.25, 0.3) is 0 Å². The van der Waals surface area contributed by atoms with E-state index >= 15 is 0 Å². The summed E-state index contributed by atoms with van der Waals surface area (Å²) in [7, 11) is 0. The number of carboxylic acids is 1. The van der Waals surface area contributed by atoms with E-state index in [-0.39, 0.29) is 0 Å². The van der Waals surface area contributed by atoms with Crippen LogP contribution in [0.5, 0.6) is 0 Å². The van der Waals surface area contributed by atoms with Gasteiger partial charge >= 0.3 is 5.97 Å². The van der Waals surface area contributed by atoms with Crippen LogP contribution in [0, 0.1) is 0 Å². The molecule has 2 nitrogen and oxygen atoms in total. The number of hydrogen-bond acceptors (Lipinski definition) is 1. The van der Waals surface area contributed by atoms with E-state index < -0.39 is 24.8 Å². The standard InChI is InChI=1S/C7HBr12ClO2/c8-2(9,1(21)22)3(10,11)4(12,13)5(14,15)6(16,17)7(18,19)20/h(H,21,22). The molecule has 0 aromatic carbocycles. The minimum absolute atomic E-state index is 1.10. The maximum absolute atomic E-state index is 11.6. The molecule has 0 saturated carbocycles. The molecule has 0 aliphatic heterocycles. The van der Waals surface area contributed by atoms with E-state index in [1.807, 2.05) is 0 Å². The lowest BCUT2D eigenvalue weighted by Gasteiger charge is -2.52. The fourth-order valence-corrected chi connectivity index (χ4v) is 10.6. The first-order valence-corrected chi connectivity index (χ1v) is 14.3. The molecule has 0 aromatic rings. The first-order valence-electron chi connectivity index (χ1n) is 4.38. The summed E-state index contributed by atoms with van der Waals surface area (Å²) in [6.45, 7) is 0. The summed E-state index contributed by atoms with van der Waals surface area (Å²) < 4.78 is -7.60. The van der Waals surface area contributed by atoms with Gasteiger partial charge in [0.05, 0.1) is 0 Å². The number of alkyl halides is 13. The molecule has 0 radical (unpaired) electrons. The second kappa shape index (κ2) is 8.71. The smallest absolute Gasteiger partial charge is 0.333 e. The Labute approximate surface area is 233 Å². The maximum Gasteiger partial charge on any atom is 0.333 e. The molecule has 0 aliphatic carbocycles. The molecule has 0 heterocycles.